The third-order valence-electron chi connectivity index (χ3n) is 3.16. The lowest BCUT2D eigenvalue weighted by molar-refractivity contribution is -0.136. The maximum Gasteiger partial charge on any atom is 0.303 e. The number of carbonyl (C=O) groups is 1. The van der Waals surface area contributed by atoms with Crippen molar-refractivity contribution in [3.05, 3.63) is 27.2 Å². The number of aromatic amines is 1. The molecule has 0 aromatic carbocycles. The van der Waals surface area contributed by atoms with E-state index in [1.165, 1.54) is 0 Å². The van der Waals surface area contributed by atoms with E-state index in [0.29, 0.717) is 17.5 Å². The van der Waals surface area contributed by atoms with Gasteiger partial charge in [0.05, 0.1) is 5.39 Å². The van der Waals surface area contributed by atoms with Crippen LogP contribution in [0.1, 0.15) is 23.2 Å². The third kappa shape index (κ3) is 2.50. The van der Waals surface area contributed by atoms with Gasteiger partial charge in [0, 0.05) is 19.2 Å². The maximum absolute atomic E-state index is 11.8. The predicted molar refractivity (Wildman–Crippen MR) is 70.4 cm³/mol. The smallest absolute Gasteiger partial charge is 0.303 e. The fourth-order valence-electron chi connectivity index (χ4n) is 2.25. The van der Waals surface area contributed by atoms with Crippen LogP contribution in [0, 0.1) is 13.8 Å². The van der Waals surface area contributed by atoms with Gasteiger partial charge in [-0.2, -0.15) is 0 Å². The van der Waals surface area contributed by atoms with Gasteiger partial charge in [-0.25, -0.2) is 4.98 Å². The second-order valence-electron chi connectivity index (χ2n) is 4.39. The molecule has 0 radical (unpaired) electrons. The Morgan fingerprint density at radius 1 is 1.42 bits per heavy atom. The Kier molecular flexibility index (Phi) is 4.10. The molecule has 7 nitrogen and oxygen atoms in total. The van der Waals surface area contributed by atoms with Crippen molar-refractivity contribution in [2.75, 3.05) is 0 Å². The highest BCUT2D eigenvalue weighted by molar-refractivity contribution is 5.80. The van der Waals surface area contributed by atoms with Crippen LogP contribution in [-0.4, -0.2) is 31.3 Å². The predicted octanol–water partition coefficient (Wildman–Crippen LogP) is 0.0709. The van der Waals surface area contributed by atoms with Gasteiger partial charge in [0.15, 0.2) is 5.65 Å². The molecule has 0 aliphatic carbocycles. The van der Waals surface area contributed by atoms with E-state index in [1.807, 2.05) is 13.8 Å². The molecule has 0 amide bonds. The lowest BCUT2D eigenvalue weighted by atomic mass is 10.0. The Morgan fingerprint density at radius 2 is 2.05 bits per heavy atom. The number of aryl methyl sites for hydroxylation is 3. The minimum absolute atomic E-state index is 0. The molecule has 4 N–H and O–H groups in total. The standard InChI is InChI=1S/C12H15N3O3.H2O/c1-6-8(4-5-9(16)17)7(2)13-11-10(6)12(18)14-15(11)3;/h4-5H2,1-3H3,(H,14,18)(H,16,17);1H2. The van der Waals surface area contributed by atoms with Crippen LogP contribution in [0.25, 0.3) is 11.0 Å². The minimum atomic E-state index is -0.851. The molecule has 7 heteroatoms. The van der Waals surface area contributed by atoms with Crippen molar-refractivity contribution in [3.8, 4) is 0 Å². The fourth-order valence-corrected chi connectivity index (χ4v) is 2.25. The fraction of sp³-hybridized carbons (Fsp3) is 0.417. The number of aliphatic carboxylic acids is 1. The normalized spacial score (nSPS) is 10.5. The van der Waals surface area contributed by atoms with Crippen LogP contribution in [0.2, 0.25) is 0 Å². The lowest BCUT2D eigenvalue weighted by Crippen LogP contribution is -2.06. The van der Waals surface area contributed by atoms with Crippen molar-refractivity contribution >= 4 is 17.0 Å². The van der Waals surface area contributed by atoms with Crippen molar-refractivity contribution in [2.45, 2.75) is 26.7 Å². The molecule has 0 unspecified atom stereocenters. The van der Waals surface area contributed by atoms with Crippen LogP contribution >= 0.6 is 0 Å². The first-order chi connectivity index (χ1) is 8.41. The summed E-state index contributed by atoms with van der Waals surface area (Å²) < 4.78 is 1.58. The molecule has 0 fully saturated rings. The lowest BCUT2D eigenvalue weighted by Gasteiger charge is -2.09. The Bertz CT molecular complexity index is 684. The van der Waals surface area contributed by atoms with Crippen LogP contribution in [0.5, 0.6) is 0 Å². The SMILES string of the molecule is Cc1nc2c(c(C)c1CCC(=O)O)c(=O)[nH]n2C.O. The van der Waals surface area contributed by atoms with Crippen molar-refractivity contribution in [2.24, 2.45) is 7.05 Å². The van der Waals surface area contributed by atoms with E-state index in [4.69, 9.17) is 5.11 Å². The van der Waals surface area contributed by atoms with Gasteiger partial charge in [0.2, 0.25) is 0 Å². The number of nitrogens with one attached hydrogen (secondary N) is 1. The quantitative estimate of drug-likeness (QED) is 0.817. The van der Waals surface area contributed by atoms with Gasteiger partial charge in [-0.1, -0.05) is 0 Å². The Hall–Kier alpha value is -2.15. The van der Waals surface area contributed by atoms with Crippen LogP contribution in [0.15, 0.2) is 4.79 Å². The van der Waals surface area contributed by atoms with E-state index in [2.05, 4.69) is 10.1 Å². The molecular weight excluding hydrogens is 250 g/mol. The number of fused-ring (bicyclic) bond motifs is 1. The average Bonchev–Trinajstić information content (AvgIpc) is 2.53. The number of aromatic nitrogens is 3. The molecule has 0 bridgehead atoms. The average molecular weight is 267 g/mol. The molecule has 0 spiro atoms. The summed E-state index contributed by atoms with van der Waals surface area (Å²) in [6.07, 6.45) is 0.434. The first kappa shape index (κ1) is 14.9. The summed E-state index contributed by atoms with van der Waals surface area (Å²) in [5.41, 5.74) is 2.86. The zero-order chi connectivity index (χ0) is 13.4. The van der Waals surface area contributed by atoms with E-state index < -0.39 is 5.97 Å². The number of hydrogen-bond donors (Lipinski definition) is 2. The molecule has 0 atom stereocenters. The maximum atomic E-state index is 11.8. The van der Waals surface area contributed by atoms with Crippen molar-refractivity contribution in [1.29, 1.82) is 0 Å². The highest BCUT2D eigenvalue weighted by atomic mass is 16.4. The summed E-state index contributed by atoms with van der Waals surface area (Å²) in [5, 5.41) is 11.9. The van der Waals surface area contributed by atoms with E-state index >= 15 is 0 Å². The molecule has 104 valence electrons. The van der Waals surface area contributed by atoms with Gasteiger partial charge >= 0.3 is 5.97 Å². The Balaban J connectivity index is 0.00000180. The number of hydrogen-bond acceptors (Lipinski definition) is 3. The summed E-state index contributed by atoms with van der Waals surface area (Å²) in [6, 6.07) is 0. The summed E-state index contributed by atoms with van der Waals surface area (Å²) in [6.45, 7) is 3.67. The number of rotatable bonds is 3. The van der Waals surface area contributed by atoms with Crippen molar-refractivity contribution in [1.82, 2.24) is 14.8 Å². The van der Waals surface area contributed by atoms with Gasteiger partial charge < -0.3 is 10.6 Å². The molecule has 19 heavy (non-hydrogen) atoms. The Morgan fingerprint density at radius 3 is 2.63 bits per heavy atom. The molecule has 0 saturated carbocycles. The second kappa shape index (κ2) is 5.23. The highest BCUT2D eigenvalue weighted by Crippen LogP contribution is 2.20. The van der Waals surface area contributed by atoms with Crippen LogP contribution in [0.3, 0.4) is 0 Å². The summed E-state index contributed by atoms with van der Waals surface area (Å²) in [5.74, 6) is -0.851. The van der Waals surface area contributed by atoms with Gasteiger partial charge in [0.25, 0.3) is 5.56 Å². The molecular formula is C12H17N3O4. The van der Waals surface area contributed by atoms with E-state index in [0.717, 1.165) is 16.8 Å². The van der Waals surface area contributed by atoms with Crippen LogP contribution in [-0.2, 0) is 18.3 Å². The number of pyridine rings is 1. The van der Waals surface area contributed by atoms with Gasteiger partial charge in [-0.05, 0) is 31.4 Å². The molecule has 0 aliphatic heterocycles. The van der Waals surface area contributed by atoms with E-state index in [9.17, 15) is 9.59 Å². The van der Waals surface area contributed by atoms with Gasteiger partial charge in [-0.3, -0.25) is 19.4 Å². The van der Waals surface area contributed by atoms with E-state index in [1.54, 1.807) is 11.7 Å². The molecule has 0 aliphatic rings. The summed E-state index contributed by atoms with van der Waals surface area (Å²) >= 11 is 0. The first-order valence-corrected chi connectivity index (χ1v) is 5.68. The zero-order valence-electron chi connectivity index (χ0n) is 11.1. The van der Waals surface area contributed by atoms with E-state index in [-0.39, 0.29) is 17.5 Å². The highest BCUT2D eigenvalue weighted by Gasteiger charge is 2.15. The molecule has 2 heterocycles. The first-order valence-electron chi connectivity index (χ1n) is 5.68. The molecule has 2 rings (SSSR count). The summed E-state index contributed by atoms with van der Waals surface area (Å²) in [7, 11) is 1.73. The van der Waals surface area contributed by atoms with Gasteiger partial charge in [0.1, 0.15) is 0 Å². The van der Waals surface area contributed by atoms with Crippen molar-refractivity contribution < 1.29 is 15.4 Å². The largest absolute Gasteiger partial charge is 0.481 e. The van der Waals surface area contributed by atoms with Crippen molar-refractivity contribution in [3.63, 3.8) is 0 Å². The number of nitrogens with zero attached hydrogens (tertiary/aromatic N) is 2. The third-order valence-corrected chi connectivity index (χ3v) is 3.16. The monoisotopic (exact) mass is 267 g/mol. The number of H-pyrrole nitrogens is 1. The second-order valence-corrected chi connectivity index (χ2v) is 4.39. The number of carboxylic acid groups (broad SMARTS) is 1. The summed E-state index contributed by atoms with van der Waals surface area (Å²) in [4.78, 5) is 26.8. The van der Waals surface area contributed by atoms with Crippen LogP contribution in [0.4, 0.5) is 0 Å². The molecule has 2 aromatic heterocycles. The topological polar surface area (TPSA) is 119 Å². The molecule has 0 saturated heterocycles. The molecule has 2 aromatic rings. The Labute approximate surface area is 109 Å². The number of carboxylic acids is 1. The van der Waals surface area contributed by atoms with Gasteiger partial charge in [-0.15, -0.1) is 0 Å². The van der Waals surface area contributed by atoms with Crippen LogP contribution < -0.4 is 5.56 Å². The zero-order valence-corrected chi connectivity index (χ0v) is 11.1. The minimum Gasteiger partial charge on any atom is -0.481 e.